The minimum Gasteiger partial charge on any atom is -0.382 e. The van der Waals surface area contributed by atoms with Crippen molar-refractivity contribution < 1.29 is 23.5 Å². The lowest BCUT2D eigenvalue weighted by molar-refractivity contribution is -0.131. The monoisotopic (exact) mass is 490 g/mol. The molecule has 2 amide bonds. The summed E-state index contributed by atoms with van der Waals surface area (Å²) in [5.74, 6) is -2.53. The molecule has 9 heteroatoms. The summed E-state index contributed by atoms with van der Waals surface area (Å²) >= 11 is 0. The molecule has 1 saturated carbocycles. The first-order chi connectivity index (χ1) is 16.5. The third kappa shape index (κ3) is 9.35. The molecule has 0 saturated heterocycles. The fourth-order valence-electron chi connectivity index (χ4n) is 4.05. The lowest BCUT2D eigenvalue weighted by atomic mass is 9.68. The molecule has 1 aliphatic carbocycles. The third-order valence-corrected chi connectivity index (χ3v) is 6.31. The summed E-state index contributed by atoms with van der Waals surface area (Å²) < 4.78 is 26.5. The van der Waals surface area contributed by atoms with Crippen LogP contribution in [0.4, 0.5) is 8.78 Å². The Morgan fingerprint density at radius 2 is 1.71 bits per heavy atom. The van der Waals surface area contributed by atoms with Crippen LogP contribution in [-0.4, -0.2) is 48.2 Å². The quantitative estimate of drug-likeness (QED) is 0.256. The van der Waals surface area contributed by atoms with E-state index in [-0.39, 0.29) is 29.7 Å². The number of carbonyl (C=O) groups excluding carboxylic acids is 2. The van der Waals surface area contributed by atoms with Crippen LogP contribution in [0.25, 0.3) is 0 Å². The van der Waals surface area contributed by atoms with Gasteiger partial charge in [-0.25, -0.2) is 8.78 Å². The van der Waals surface area contributed by atoms with Crippen molar-refractivity contribution in [3.05, 3.63) is 72.4 Å². The van der Waals surface area contributed by atoms with Gasteiger partial charge in [-0.15, -0.1) is 0 Å². The van der Waals surface area contributed by atoms with Gasteiger partial charge in [0.25, 0.3) is 0 Å². The van der Waals surface area contributed by atoms with Crippen molar-refractivity contribution in [1.29, 1.82) is 0 Å². The average molecular weight is 491 g/mol. The van der Waals surface area contributed by atoms with Crippen molar-refractivity contribution in [1.82, 2.24) is 10.6 Å². The van der Waals surface area contributed by atoms with E-state index in [0.717, 1.165) is 30.9 Å². The first kappa shape index (κ1) is 28.4. The molecule has 192 valence electrons. The second kappa shape index (κ2) is 13.3. The molecule has 3 atom stereocenters. The molecule has 35 heavy (non-hydrogen) atoms. The summed E-state index contributed by atoms with van der Waals surface area (Å²) in [7, 11) is 0. The maximum Gasteiger partial charge on any atom is 0.250 e. The second-order valence-corrected chi connectivity index (χ2v) is 9.34. The molecule has 1 aromatic carbocycles. The van der Waals surface area contributed by atoms with Crippen molar-refractivity contribution in [2.24, 2.45) is 16.9 Å². The number of rotatable bonds is 14. The van der Waals surface area contributed by atoms with Crippen LogP contribution in [0, 0.1) is 5.41 Å². The van der Waals surface area contributed by atoms with Gasteiger partial charge in [0.05, 0.1) is 0 Å². The highest BCUT2D eigenvalue weighted by atomic mass is 19.1. The SMILES string of the molecule is C=C(F)/C=C(/CC(N)CC(=O)NCC1(CNC(=O)C(O)C(N)Cc2ccccc2)CCC1)C(=C)F. The molecule has 0 bridgehead atoms. The van der Waals surface area contributed by atoms with Crippen molar-refractivity contribution in [2.45, 2.75) is 56.7 Å². The van der Waals surface area contributed by atoms with Gasteiger partial charge in [0, 0.05) is 37.0 Å². The maximum absolute atomic E-state index is 13.5. The maximum atomic E-state index is 13.5. The van der Waals surface area contributed by atoms with Crippen molar-refractivity contribution in [2.75, 3.05) is 13.1 Å². The van der Waals surface area contributed by atoms with E-state index in [9.17, 15) is 23.5 Å². The summed E-state index contributed by atoms with van der Waals surface area (Å²) in [6.45, 7) is 6.83. The standard InChI is InChI=1S/C26H36F2N4O3/c1-17(27)11-20(18(2)28)13-21(29)14-23(33)31-15-26(9-6-10-26)16-32-25(35)24(34)22(30)12-19-7-4-3-5-8-19/h3-5,7-8,11,21-22,24,34H,1-2,6,9-10,12-16,29-30H2,(H,31,33)(H,32,35)/b20-11-. The summed E-state index contributed by atoms with van der Waals surface area (Å²) in [5, 5.41) is 15.9. The molecule has 0 heterocycles. The van der Waals surface area contributed by atoms with Gasteiger partial charge in [0.1, 0.15) is 17.8 Å². The molecule has 0 aromatic heterocycles. The molecule has 7 nitrogen and oxygen atoms in total. The predicted octanol–water partition coefficient (Wildman–Crippen LogP) is 2.32. The average Bonchev–Trinajstić information content (AvgIpc) is 2.77. The normalized spacial score (nSPS) is 17.5. The first-order valence-electron chi connectivity index (χ1n) is 11.7. The number of nitrogens with one attached hydrogen (secondary N) is 2. The number of halogens is 2. The highest BCUT2D eigenvalue weighted by Crippen LogP contribution is 2.39. The topological polar surface area (TPSA) is 130 Å². The highest BCUT2D eigenvalue weighted by molar-refractivity contribution is 5.81. The molecule has 1 aliphatic rings. The van der Waals surface area contributed by atoms with E-state index in [4.69, 9.17) is 11.5 Å². The van der Waals surface area contributed by atoms with Crippen LogP contribution < -0.4 is 22.1 Å². The minimum atomic E-state index is -1.35. The Balaban J connectivity index is 1.80. The molecule has 2 rings (SSSR count). The molecular formula is C26H36F2N4O3. The Kier molecular flexibility index (Phi) is 10.8. The minimum absolute atomic E-state index is 0.0417. The van der Waals surface area contributed by atoms with Gasteiger partial charge in [-0.3, -0.25) is 9.59 Å². The number of hydrogen-bond acceptors (Lipinski definition) is 5. The van der Waals surface area contributed by atoms with Gasteiger partial charge in [-0.1, -0.05) is 49.9 Å². The van der Waals surface area contributed by atoms with E-state index in [0.29, 0.717) is 19.5 Å². The van der Waals surface area contributed by atoms with Crippen LogP contribution >= 0.6 is 0 Å². The van der Waals surface area contributed by atoms with E-state index in [2.05, 4.69) is 23.8 Å². The smallest absolute Gasteiger partial charge is 0.250 e. The number of benzene rings is 1. The highest BCUT2D eigenvalue weighted by Gasteiger charge is 2.38. The molecule has 7 N–H and O–H groups in total. The Morgan fingerprint density at radius 3 is 2.26 bits per heavy atom. The number of amides is 2. The number of aliphatic hydroxyl groups excluding tert-OH is 1. The van der Waals surface area contributed by atoms with Gasteiger partial charge in [0.2, 0.25) is 11.8 Å². The molecular weight excluding hydrogens is 454 g/mol. The van der Waals surface area contributed by atoms with Gasteiger partial charge in [-0.2, -0.15) is 0 Å². The van der Waals surface area contributed by atoms with Gasteiger partial charge >= 0.3 is 0 Å². The number of carbonyl (C=O) groups is 2. The van der Waals surface area contributed by atoms with E-state index in [1.54, 1.807) is 0 Å². The molecule has 1 aromatic rings. The third-order valence-electron chi connectivity index (χ3n) is 6.31. The molecule has 1 fully saturated rings. The van der Waals surface area contributed by atoms with Crippen LogP contribution in [0.15, 0.2) is 66.8 Å². The predicted molar refractivity (Wildman–Crippen MR) is 132 cm³/mol. The van der Waals surface area contributed by atoms with Crippen molar-refractivity contribution >= 4 is 11.8 Å². The van der Waals surface area contributed by atoms with Gasteiger partial charge < -0.3 is 27.2 Å². The van der Waals surface area contributed by atoms with Gasteiger partial charge in [-0.05, 0) is 42.9 Å². The Hall–Kier alpha value is -2.88. The Morgan fingerprint density at radius 1 is 1.09 bits per heavy atom. The molecule has 0 aliphatic heterocycles. The summed E-state index contributed by atoms with van der Waals surface area (Å²) in [4.78, 5) is 24.8. The van der Waals surface area contributed by atoms with Crippen LogP contribution in [0.2, 0.25) is 0 Å². The zero-order valence-electron chi connectivity index (χ0n) is 19.9. The number of allylic oxidation sites excluding steroid dienone is 3. The second-order valence-electron chi connectivity index (χ2n) is 9.34. The van der Waals surface area contributed by atoms with E-state index in [1.165, 1.54) is 0 Å². The van der Waals surface area contributed by atoms with Crippen LogP contribution in [0.3, 0.4) is 0 Å². The summed E-state index contributed by atoms with van der Waals surface area (Å²) in [6, 6.07) is 7.89. The summed E-state index contributed by atoms with van der Waals surface area (Å²) in [6.07, 6.45) is 2.34. The van der Waals surface area contributed by atoms with Crippen molar-refractivity contribution in [3.63, 3.8) is 0 Å². The van der Waals surface area contributed by atoms with Crippen LogP contribution in [-0.2, 0) is 16.0 Å². The van der Waals surface area contributed by atoms with Crippen LogP contribution in [0.5, 0.6) is 0 Å². The zero-order chi connectivity index (χ0) is 26.0. The van der Waals surface area contributed by atoms with Crippen molar-refractivity contribution in [3.8, 4) is 0 Å². The van der Waals surface area contributed by atoms with E-state index in [1.807, 2.05) is 30.3 Å². The Bertz CT molecular complexity index is 932. The number of aliphatic hydroxyl groups is 1. The molecule has 3 unspecified atom stereocenters. The fraction of sp³-hybridized carbons (Fsp3) is 0.462. The number of nitrogens with two attached hydrogens (primary N) is 2. The lowest BCUT2D eigenvalue weighted by Gasteiger charge is -2.42. The van der Waals surface area contributed by atoms with Gasteiger partial charge in [0.15, 0.2) is 0 Å². The summed E-state index contributed by atoms with van der Waals surface area (Å²) in [5.41, 5.74) is 12.5. The van der Waals surface area contributed by atoms with E-state index >= 15 is 0 Å². The largest absolute Gasteiger partial charge is 0.382 e. The van der Waals surface area contributed by atoms with Crippen LogP contribution in [0.1, 0.15) is 37.7 Å². The molecule has 0 radical (unpaired) electrons. The lowest BCUT2D eigenvalue weighted by Crippen LogP contribution is -2.53. The number of hydrogen-bond donors (Lipinski definition) is 5. The zero-order valence-corrected chi connectivity index (χ0v) is 19.9. The Labute approximate surface area is 205 Å². The first-order valence-corrected chi connectivity index (χ1v) is 11.7. The van der Waals surface area contributed by atoms with E-state index < -0.39 is 35.7 Å². The molecule has 0 spiro atoms. The fourth-order valence-corrected chi connectivity index (χ4v) is 4.05.